The molecule has 1 aliphatic heterocycles. The number of anilines is 1. The molecule has 2 N–H and O–H groups in total. The number of nitrogens with one attached hydrogen (secondary N) is 2. The van der Waals surface area contributed by atoms with Gasteiger partial charge in [-0.15, -0.1) is 0 Å². The lowest BCUT2D eigenvalue weighted by molar-refractivity contribution is -0.143. The first-order chi connectivity index (χ1) is 16.7. The number of likely N-dealkylation sites (tertiary alicyclic amines) is 1. The highest BCUT2D eigenvalue weighted by Crippen LogP contribution is 2.38. The molecule has 36 heavy (non-hydrogen) atoms. The lowest BCUT2D eigenvalue weighted by atomic mass is 10.0. The Morgan fingerprint density at radius 1 is 1.11 bits per heavy atom. The minimum absolute atomic E-state index is 0.00474. The number of pyridine rings is 1. The standard InChI is InChI=1S/C24H25F6N5O/c1-22(2,33-13-21(36)35-8-4-5-18(35)12-31)14-32-20-7-3-6-19(34-20)15-9-16(23(25,26)27)11-17(10-15)24(28,29)30/h3,6-7,9-11,18,33H,4-5,8,13-14H2,1-2H3,(H,32,34). The van der Waals surface area contributed by atoms with E-state index in [1.807, 2.05) is 13.8 Å². The molecule has 1 aromatic carbocycles. The van der Waals surface area contributed by atoms with E-state index in [1.54, 1.807) is 0 Å². The zero-order valence-corrected chi connectivity index (χ0v) is 19.6. The highest BCUT2D eigenvalue weighted by atomic mass is 19.4. The number of hydrogen-bond donors (Lipinski definition) is 2. The Hall–Kier alpha value is -3.33. The lowest BCUT2D eigenvalue weighted by Gasteiger charge is -2.28. The van der Waals surface area contributed by atoms with Crippen LogP contribution in [0, 0.1) is 11.3 Å². The van der Waals surface area contributed by atoms with Gasteiger partial charge in [-0.05, 0) is 57.0 Å². The molecule has 0 bridgehead atoms. The van der Waals surface area contributed by atoms with Crippen LogP contribution in [0.2, 0.25) is 0 Å². The second kappa shape index (κ2) is 10.3. The topological polar surface area (TPSA) is 81.1 Å². The molecular weight excluding hydrogens is 488 g/mol. The maximum atomic E-state index is 13.2. The molecular formula is C24H25F6N5O. The molecule has 194 valence electrons. The average Bonchev–Trinajstić information content (AvgIpc) is 3.29. The summed E-state index contributed by atoms with van der Waals surface area (Å²) in [4.78, 5) is 18.2. The van der Waals surface area contributed by atoms with Crippen LogP contribution in [-0.4, -0.2) is 47.0 Å². The van der Waals surface area contributed by atoms with Gasteiger partial charge < -0.3 is 15.5 Å². The van der Waals surface area contributed by atoms with Crippen molar-refractivity contribution >= 4 is 11.7 Å². The fourth-order valence-corrected chi connectivity index (χ4v) is 3.79. The summed E-state index contributed by atoms with van der Waals surface area (Å²) in [6.07, 6.45) is -8.50. The molecule has 0 saturated carbocycles. The second-order valence-electron chi connectivity index (χ2n) is 9.17. The van der Waals surface area contributed by atoms with Crippen molar-refractivity contribution in [3.05, 3.63) is 47.5 Å². The zero-order valence-electron chi connectivity index (χ0n) is 19.6. The molecule has 1 atom stereocenters. The smallest absolute Gasteiger partial charge is 0.368 e. The molecule has 0 spiro atoms. The molecule has 3 rings (SSSR count). The van der Waals surface area contributed by atoms with E-state index in [9.17, 15) is 31.1 Å². The number of rotatable bonds is 7. The molecule has 1 saturated heterocycles. The Kier molecular flexibility index (Phi) is 7.83. The highest BCUT2D eigenvalue weighted by molar-refractivity contribution is 5.79. The largest absolute Gasteiger partial charge is 0.416 e. The van der Waals surface area contributed by atoms with Crippen molar-refractivity contribution in [1.29, 1.82) is 5.26 Å². The van der Waals surface area contributed by atoms with E-state index in [2.05, 4.69) is 21.7 Å². The molecule has 1 amide bonds. The number of alkyl halides is 6. The predicted molar refractivity (Wildman–Crippen MR) is 121 cm³/mol. The van der Waals surface area contributed by atoms with Crippen LogP contribution < -0.4 is 10.6 Å². The Bertz CT molecular complexity index is 1110. The van der Waals surface area contributed by atoms with Gasteiger partial charge in [0, 0.05) is 24.2 Å². The summed E-state index contributed by atoms with van der Waals surface area (Å²) < 4.78 is 79.2. The summed E-state index contributed by atoms with van der Waals surface area (Å²) in [5.41, 5.74) is -3.84. The number of carbonyl (C=O) groups excluding carboxylic acids is 1. The number of aromatic nitrogens is 1. The summed E-state index contributed by atoms with van der Waals surface area (Å²) in [6, 6.07) is 7.34. The van der Waals surface area contributed by atoms with Crippen molar-refractivity contribution < 1.29 is 31.1 Å². The number of halogens is 6. The molecule has 2 heterocycles. The number of carbonyl (C=O) groups is 1. The van der Waals surface area contributed by atoms with E-state index < -0.39 is 35.1 Å². The Morgan fingerprint density at radius 2 is 1.75 bits per heavy atom. The molecule has 1 unspecified atom stereocenters. The van der Waals surface area contributed by atoms with Gasteiger partial charge in [-0.2, -0.15) is 31.6 Å². The second-order valence-corrected chi connectivity index (χ2v) is 9.17. The minimum Gasteiger partial charge on any atom is -0.368 e. The molecule has 0 radical (unpaired) electrons. The van der Waals surface area contributed by atoms with E-state index >= 15 is 0 Å². The third kappa shape index (κ3) is 6.87. The van der Waals surface area contributed by atoms with Gasteiger partial charge in [0.2, 0.25) is 5.91 Å². The van der Waals surface area contributed by atoms with Crippen LogP contribution in [0.15, 0.2) is 36.4 Å². The fraction of sp³-hybridized carbons (Fsp3) is 0.458. The van der Waals surface area contributed by atoms with Crippen LogP contribution in [-0.2, 0) is 17.1 Å². The van der Waals surface area contributed by atoms with Crippen molar-refractivity contribution in [2.24, 2.45) is 0 Å². The predicted octanol–water partition coefficient (Wildman–Crippen LogP) is 5.08. The number of nitriles is 1. The summed E-state index contributed by atoms with van der Waals surface area (Å²) in [5.74, 6) is 0.0426. The summed E-state index contributed by atoms with van der Waals surface area (Å²) in [7, 11) is 0. The van der Waals surface area contributed by atoms with Crippen LogP contribution in [0.1, 0.15) is 37.8 Å². The number of benzene rings is 1. The van der Waals surface area contributed by atoms with Gasteiger partial charge in [-0.25, -0.2) is 4.98 Å². The normalized spacial score (nSPS) is 16.6. The van der Waals surface area contributed by atoms with E-state index in [-0.39, 0.29) is 42.1 Å². The first-order valence-corrected chi connectivity index (χ1v) is 11.1. The van der Waals surface area contributed by atoms with Crippen LogP contribution in [0.25, 0.3) is 11.3 Å². The summed E-state index contributed by atoms with van der Waals surface area (Å²) >= 11 is 0. The molecule has 1 aliphatic rings. The lowest BCUT2D eigenvalue weighted by Crippen LogP contribution is -2.50. The third-order valence-electron chi connectivity index (χ3n) is 5.78. The SMILES string of the molecule is CC(C)(CNc1cccc(-c2cc(C(F)(F)F)cc(C(F)(F)F)c2)n1)NCC(=O)N1CCCC1C#N. The maximum Gasteiger partial charge on any atom is 0.416 e. The molecule has 0 aliphatic carbocycles. The van der Waals surface area contributed by atoms with Gasteiger partial charge in [0.1, 0.15) is 11.9 Å². The van der Waals surface area contributed by atoms with Crippen LogP contribution in [0.5, 0.6) is 0 Å². The van der Waals surface area contributed by atoms with Gasteiger partial charge in [-0.3, -0.25) is 4.79 Å². The molecule has 6 nitrogen and oxygen atoms in total. The first-order valence-electron chi connectivity index (χ1n) is 11.1. The van der Waals surface area contributed by atoms with Gasteiger partial charge in [0.15, 0.2) is 0 Å². The molecule has 2 aromatic rings. The zero-order chi connectivity index (χ0) is 26.7. The number of amides is 1. The Labute approximate surface area is 204 Å². The summed E-state index contributed by atoms with van der Waals surface area (Å²) in [6.45, 7) is 4.40. The van der Waals surface area contributed by atoms with E-state index in [4.69, 9.17) is 5.26 Å². The average molecular weight is 513 g/mol. The van der Waals surface area contributed by atoms with E-state index in [0.717, 1.165) is 6.42 Å². The van der Waals surface area contributed by atoms with Crippen molar-refractivity contribution in [3.63, 3.8) is 0 Å². The Balaban J connectivity index is 1.71. The molecule has 1 aromatic heterocycles. The van der Waals surface area contributed by atoms with Gasteiger partial charge in [-0.1, -0.05) is 6.07 Å². The first kappa shape index (κ1) is 27.3. The number of nitrogens with zero attached hydrogens (tertiary/aromatic N) is 3. The summed E-state index contributed by atoms with van der Waals surface area (Å²) in [5, 5.41) is 15.3. The Morgan fingerprint density at radius 3 is 2.33 bits per heavy atom. The van der Waals surface area contributed by atoms with E-state index in [1.165, 1.54) is 23.1 Å². The van der Waals surface area contributed by atoms with Crippen molar-refractivity contribution in [2.45, 2.75) is 50.6 Å². The van der Waals surface area contributed by atoms with Crippen molar-refractivity contribution in [3.8, 4) is 17.3 Å². The molecule has 1 fully saturated rings. The third-order valence-corrected chi connectivity index (χ3v) is 5.78. The van der Waals surface area contributed by atoms with Crippen LogP contribution >= 0.6 is 0 Å². The minimum atomic E-state index is -4.96. The monoisotopic (exact) mass is 513 g/mol. The van der Waals surface area contributed by atoms with Gasteiger partial charge in [0.25, 0.3) is 0 Å². The van der Waals surface area contributed by atoms with Crippen molar-refractivity contribution in [2.75, 3.05) is 25.0 Å². The van der Waals surface area contributed by atoms with Crippen molar-refractivity contribution in [1.82, 2.24) is 15.2 Å². The van der Waals surface area contributed by atoms with Gasteiger partial charge >= 0.3 is 12.4 Å². The van der Waals surface area contributed by atoms with Crippen LogP contribution in [0.4, 0.5) is 32.2 Å². The number of hydrogen-bond acceptors (Lipinski definition) is 5. The van der Waals surface area contributed by atoms with E-state index in [0.29, 0.717) is 25.1 Å². The van der Waals surface area contributed by atoms with Crippen LogP contribution in [0.3, 0.4) is 0 Å². The fourth-order valence-electron chi connectivity index (χ4n) is 3.79. The highest BCUT2D eigenvalue weighted by Gasteiger charge is 2.37. The van der Waals surface area contributed by atoms with Gasteiger partial charge in [0.05, 0.1) is 29.4 Å². The molecule has 12 heteroatoms. The maximum absolute atomic E-state index is 13.2. The quantitative estimate of drug-likeness (QED) is 0.505.